The highest BCUT2D eigenvalue weighted by atomic mass is 19.1. The number of aryl methyl sites for hydroxylation is 2. The smallest absolute Gasteiger partial charge is 0.308 e. The first-order chi connectivity index (χ1) is 11.9. The van der Waals surface area contributed by atoms with Crippen molar-refractivity contribution in [1.82, 2.24) is 14.7 Å². The van der Waals surface area contributed by atoms with E-state index in [1.807, 2.05) is 19.9 Å². The van der Waals surface area contributed by atoms with E-state index >= 15 is 0 Å². The predicted octanol–water partition coefficient (Wildman–Crippen LogP) is 2.57. The number of nitrogens with zero attached hydrogens (tertiary/aromatic N) is 3. The van der Waals surface area contributed by atoms with Crippen molar-refractivity contribution in [2.24, 2.45) is 5.92 Å². The summed E-state index contributed by atoms with van der Waals surface area (Å²) in [4.78, 5) is 25.2. The normalized spacial score (nSPS) is 17.6. The maximum absolute atomic E-state index is 14.5. The van der Waals surface area contributed by atoms with Crippen molar-refractivity contribution in [2.75, 3.05) is 13.1 Å². The van der Waals surface area contributed by atoms with Gasteiger partial charge in [-0.05, 0) is 51.0 Å². The van der Waals surface area contributed by atoms with Crippen LogP contribution in [-0.2, 0) is 4.79 Å². The van der Waals surface area contributed by atoms with Gasteiger partial charge in [0.1, 0.15) is 11.5 Å². The first-order valence-electron chi connectivity index (χ1n) is 8.22. The molecule has 0 spiro atoms. The number of likely N-dealkylation sites (tertiary alicyclic amines) is 1. The van der Waals surface area contributed by atoms with Gasteiger partial charge in [-0.15, -0.1) is 0 Å². The molecule has 2 heterocycles. The van der Waals surface area contributed by atoms with E-state index < -0.39 is 17.7 Å². The molecule has 6 nitrogen and oxygen atoms in total. The van der Waals surface area contributed by atoms with Gasteiger partial charge in [-0.25, -0.2) is 9.07 Å². The van der Waals surface area contributed by atoms with Crippen molar-refractivity contribution in [3.8, 4) is 5.69 Å². The number of halogens is 1. The lowest BCUT2D eigenvalue weighted by molar-refractivity contribution is -0.143. The van der Waals surface area contributed by atoms with Gasteiger partial charge >= 0.3 is 5.97 Å². The summed E-state index contributed by atoms with van der Waals surface area (Å²) in [5.74, 6) is -2.34. The van der Waals surface area contributed by atoms with Crippen LogP contribution in [0.25, 0.3) is 5.69 Å². The summed E-state index contributed by atoms with van der Waals surface area (Å²) in [5.41, 5.74) is 2.08. The Balaban J connectivity index is 1.84. The third kappa shape index (κ3) is 3.40. The minimum atomic E-state index is -0.899. The second kappa shape index (κ2) is 6.66. The standard InChI is InChI=1S/C18H20FN3O3/c1-11-8-12(2)22(20-11)16-6-5-13(9-15(16)19)17(23)21-7-3-4-14(10-21)18(24)25/h5-6,8-9,14H,3-4,7,10H2,1-2H3,(H,24,25). The van der Waals surface area contributed by atoms with E-state index in [1.165, 1.54) is 21.7 Å². The van der Waals surface area contributed by atoms with Crippen LogP contribution in [0, 0.1) is 25.6 Å². The third-order valence-electron chi connectivity index (χ3n) is 4.49. The molecular weight excluding hydrogens is 325 g/mol. The Morgan fingerprint density at radius 3 is 2.64 bits per heavy atom. The number of aliphatic carboxylic acids is 1. The number of piperidine rings is 1. The Labute approximate surface area is 144 Å². The van der Waals surface area contributed by atoms with Gasteiger partial charge in [-0.1, -0.05) is 0 Å². The van der Waals surface area contributed by atoms with Gasteiger partial charge in [0.15, 0.2) is 0 Å². The van der Waals surface area contributed by atoms with Gasteiger partial charge in [0, 0.05) is 24.3 Å². The topological polar surface area (TPSA) is 75.4 Å². The largest absolute Gasteiger partial charge is 0.481 e. The molecule has 1 aromatic heterocycles. The average Bonchev–Trinajstić information content (AvgIpc) is 2.92. The zero-order valence-electron chi connectivity index (χ0n) is 14.2. The number of benzene rings is 1. The van der Waals surface area contributed by atoms with E-state index in [0.29, 0.717) is 19.4 Å². The molecule has 0 aliphatic carbocycles. The zero-order valence-corrected chi connectivity index (χ0v) is 14.2. The average molecular weight is 345 g/mol. The molecule has 0 saturated carbocycles. The molecule has 25 heavy (non-hydrogen) atoms. The molecule has 1 aromatic carbocycles. The molecular formula is C18H20FN3O3. The minimum Gasteiger partial charge on any atom is -0.481 e. The Morgan fingerprint density at radius 2 is 2.04 bits per heavy atom. The minimum absolute atomic E-state index is 0.162. The maximum Gasteiger partial charge on any atom is 0.308 e. The summed E-state index contributed by atoms with van der Waals surface area (Å²) in [6.07, 6.45) is 1.19. The number of carbonyl (C=O) groups excluding carboxylic acids is 1. The molecule has 7 heteroatoms. The first kappa shape index (κ1) is 17.1. The number of amides is 1. The molecule has 1 amide bonds. The molecule has 0 bridgehead atoms. The summed E-state index contributed by atoms with van der Waals surface area (Å²) in [5, 5.41) is 13.4. The fraction of sp³-hybridized carbons (Fsp3) is 0.389. The molecule has 1 fully saturated rings. The highest BCUT2D eigenvalue weighted by molar-refractivity contribution is 5.94. The number of rotatable bonds is 3. The van der Waals surface area contributed by atoms with Crippen LogP contribution in [0.15, 0.2) is 24.3 Å². The van der Waals surface area contributed by atoms with E-state index in [4.69, 9.17) is 5.11 Å². The number of hydrogen-bond acceptors (Lipinski definition) is 3. The van der Waals surface area contributed by atoms with Crippen LogP contribution in [0.1, 0.15) is 34.6 Å². The molecule has 1 saturated heterocycles. The van der Waals surface area contributed by atoms with Crippen molar-refractivity contribution < 1.29 is 19.1 Å². The Bertz CT molecular complexity index is 831. The number of carboxylic acids is 1. The second-order valence-corrected chi connectivity index (χ2v) is 6.43. The summed E-state index contributed by atoms with van der Waals surface area (Å²) in [6, 6.07) is 6.12. The monoisotopic (exact) mass is 345 g/mol. The molecule has 0 radical (unpaired) electrons. The molecule has 132 valence electrons. The van der Waals surface area contributed by atoms with Crippen LogP contribution in [-0.4, -0.2) is 44.8 Å². The van der Waals surface area contributed by atoms with Crippen molar-refractivity contribution >= 4 is 11.9 Å². The van der Waals surface area contributed by atoms with Crippen LogP contribution in [0.2, 0.25) is 0 Å². The highest BCUT2D eigenvalue weighted by Crippen LogP contribution is 2.22. The predicted molar refractivity (Wildman–Crippen MR) is 89.3 cm³/mol. The van der Waals surface area contributed by atoms with E-state index in [2.05, 4.69) is 5.10 Å². The van der Waals surface area contributed by atoms with E-state index in [-0.39, 0.29) is 23.7 Å². The van der Waals surface area contributed by atoms with Crippen LogP contribution >= 0.6 is 0 Å². The van der Waals surface area contributed by atoms with E-state index in [0.717, 1.165) is 11.4 Å². The van der Waals surface area contributed by atoms with E-state index in [9.17, 15) is 14.0 Å². The summed E-state index contributed by atoms with van der Waals surface area (Å²) in [7, 11) is 0. The summed E-state index contributed by atoms with van der Waals surface area (Å²) in [6.45, 7) is 4.31. The van der Waals surface area contributed by atoms with Crippen LogP contribution in [0.5, 0.6) is 0 Å². The molecule has 2 aromatic rings. The van der Waals surface area contributed by atoms with Crippen molar-refractivity contribution in [3.05, 3.63) is 47.0 Å². The summed E-state index contributed by atoms with van der Waals surface area (Å²) >= 11 is 0. The molecule has 1 aliphatic rings. The molecule has 3 rings (SSSR count). The van der Waals surface area contributed by atoms with Gasteiger partial charge in [-0.3, -0.25) is 9.59 Å². The van der Waals surface area contributed by atoms with E-state index in [1.54, 1.807) is 6.07 Å². The fourth-order valence-corrected chi connectivity index (χ4v) is 3.23. The van der Waals surface area contributed by atoms with Gasteiger partial charge in [0.25, 0.3) is 5.91 Å². The Kier molecular flexibility index (Phi) is 4.57. The van der Waals surface area contributed by atoms with Crippen molar-refractivity contribution in [2.45, 2.75) is 26.7 Å². The second-order valence-electron chi connectivity index (χ2n) is 6.43. The highest BCUT2D eigenvalue weighted by Gasteiger charge is 2.29. The lowest BCUT2D eigenvalue weighted by Crippen LogP contribution is -2.42. The maximum atomic E-state index is 14.5. The molecule has 1 atom stereocenters. The quantitative estimate of drug-likeness (QED) is 0.928. The van der Waals surface area contributed by atoms with Gasteiger partial charge in [0.05, 0.1) is 11.6 Å². The Morgan fingerprint density at radius 1 is 1.28 bits per heavy atom. The number of carbonyl (C=O) groups is 2. The lowest BCUT2D eigenvalue weighted by atomic mass is 9.97. The number of hydrogen-bond donors (Lipinski definition) is 1. The van der Waals surface area contributed by atoms with Crippen molar-refractivity contribution in [3.63, 3.8) is 0 Å². The van der Waals surface area contributed by atoms with Crippen LogP contribution in [0.4, 0.5) is 4.39 Å². The lowest BCUT2D eigenvalue weighted by Gasteiger charge is -2.30. The SMILES string of the molecule is Cc1cc(C)n(-c2ccc(C(=O)N3CCCC(C(=O)O)C3)cc2F)n1. The fourth-order valence-electron chi connectivity index (χ4n) is 3.23. The number of carboxylic acid groups (broad SMARTS) is 1. The third-order valence-corrected chi connectivity index (χ3v) is 4.49. The molecule has 1 N–H and O–H groups in total. The van der Waals surface area contributed by atoms with Crippen LogP contribution < -0.4 is 0 Å². The van der Waals surface area contributed by atoms with Gasteiger partial charge in [0.2, 0.25) is 0 Å². The number of aromatic nitrogens is 2. The van der Waals surface area contributed by atoms with Crippen LogP contribution in [0.3, 0.4) is 0 Å². The van der Waals surface area contributed by atoms with Gasteiger partial charge < -0.3 is 10.0 Å². The van der Waals surface area contributed by atoms with Crippen molar-refractivity contribution in [1.29, 1.82) is 0 Å². The Hall–Kier alpha value is -2.70. The first-order valence-corrected chi connectivity index (χ1v) is 8.22. The molecule has 1 aliphatic heterocycles. The molecule has 1 unspecified atom stereocenters. The van der Waals surface area contributed by atoms with Gasteiger partial charge in [-0.2, -0.15) is 5.10 Å². The zero-order chi connectivity index (χ0) is 18.1. The summed E-state index contributed by atoms with van der Waals surface area (Å²) < 4.78 is 16.0.